The van der Waals surface area contributed by atoms with Crippen LogP contribution in [0.25, 0.3) is 0 Å². The van der Waals surface area contributed by atoms with Gasteiger partial charge in [0.25, 0.3) is 0 Å². The maximum atomic E-state index is 5.95. The summed E-state index contributed by atoms with van der Waals surface area (Å²) in [5.74, 6) is 0. The van der Waals surface area contributed by atoms with E-state index >= 15 is 0 Å². The summed E-state index contributed by atoms with van der Waals surface area (Å²) in [6.07, 6.45) is 8.79. The molecule has 1 atom stereocenters. The molecule has 0 fully saturated rings. The summed E-state index contributed by atoms with van der Waals surface area (Å²) in [6.45, 7) is 7.20. The molecule has 0 bridgehead atoms. The average Bonchev–Trinajstić information content (AvgIpc) is 2.79. The molecule has 1 aromatic rings. The monoisotopic (exact) mass is 252 g/mol. The first-order chi connectivity index (χ1) is 8.74. The number of likely N-dealkylation sites (N-methyl/N-ethyl adjacent to an activating group) is 1. The van der Waals surface area contributed by atoms with Crippen LogP contribution in [0.5, 0.6) is 0 Å². The Morgan fingerprint density at radius 3 is 2.72 bits per heavy atom. The molecule has 0 spiro atoms. The Morgan fingerprint density at radius 2 is 2.11 bits per heavy atom. The third-order valence-corrected chi connectivity index (χ3v) is 3.42. The molecule has 1 rings (SSSR count). The molecule has 4 heteroatoms. The summed E-state index contributed by atoms with van der Waals surface area (Å²) >= 11 is 0. The Bertz CT molecular complexity index is 321. The minimum Gasteiger partial charge on any atom is -0.333 e. The second-order valence-corrected chi connectivity index (χ2v) is 4.95. The van der Waals surface area contributed by atoms with E-state index in [1.165, 1.54) is 25.0 Å². The van der Waals surface area contributed by atoms with Gasteiger partial charge < -0.3 is 10.3 Å². The highest BCUT2D eigenvalue weighted by atomic mass is 15.2. The van der Waals surface area contributed by atoms with Gasteiger partial charge in [-0.3, -0.25) is 4.90 Å². The van der Waals surface area contributed by atoms with Gasteiger partial charge in [0.15, 0.2) is 0 Å². The van der Waals surface area contributed by atoms with Crippen LogP contribution in [-0.2, 0) is 6.54 Å². The minimum absolute atomic E-state index is 0.288. The molecule has 1 unspecified atom stereocenters. The van der Waals surface area contributed by atoms with Crippen molar-refractivity contribution in [1.29, 1.82) is 0 Å². The van der Waals surface area contributed by atoms with E-state index in [4.69, 9.17) is 5.73 Å². The normalized spacial score (nSPS) is 13.2. The fourth-order valence-corrected chi connectivity index (χ4v) is 2.33. The zero-order chi connectivity index (χ0) is 13.4. The van der Waals surface area contributed by atoms with Crippen molar-refractivity contribution in [2.24, 2.45) is 5.73 Å². The molecular formula is C14H28N4. The lowest BCUT2D eigenvalue weighted by Crippen LogP contribution is -2.32. The van der Waals surface area contributed by atoms with Crippen molar-refractivity contribution in [3.05, 3.63) is 18.2 Å². The lowest BCUT2D eigenvalue weighted by atomic mass is 10.1. The molecule has 0 aliphatic heterocycles. The number of aryl methyl sites for hydroxylation is 1. The molecule has 0 aliphatic carbocycles. The lowest BCUT2D eigenvalue weighted by Gasteiger charge is -2.27. The second-order valence-electron chi connectivity index (χ2n) is 4.95. The molecule has 0 aliphatic rings. The maximum absolute atomic E-state index is 5.95. The van der Waals surface area contributed by atoms with Gasteiger partial charge in [-0.1, -0.05) is 26.7 Å². The molecule has 1 heterocycles. The lowest BCUT2D eigenvalue weighted by molar-refractivity contribution is 0.235. The van der Waals surface area contributed by atoms with Crippen molar-refractivity contribution in [2.75, 3.05) is 20.1 Å². The Kier molecular flexibility index (Phi) is 6.98. The zero-order valence-corrected chi connectivity index (χ0v) is 12.1. The van der Waals surface area contributed by atoms with Crippen molar-refractivity contribution in [3.8, 4) is 0 Å². The van der Waals surface area contributed by atoms with Gasteiger partial charge in [0, 0.05) is 19.3 Å². The predicted molar refractivity (Wildman–Crippen MR) is 76.5 cm³/mol. The van der Waals surface area contributed by atoms with E-state index in [1.54, 1.807) is 0 Å². The maximum Gasteiger partial charge on any atom is 0.0948 e. The number of hydrogen-bond acceptors (Lipinski definition) is 3. The van der Waals surface area contributed by atoms with E-state index in [-0.39, 0.29) is 6.04 Å². The highest BCUT2D eigenvalue weighted by Crippen LogP contribution is 2.19. The summed E-state index contributed by atoms with van der Waals surface area (Å²) in [4.78, 5) is 6.63. The highest BCUT2D eigenvalue weighted by Gasteiger charge is 2.18. The van der Waals surface area contributed by atoms with Gasteiger partial charge >= 0.3 is 0 Å². The quantitative estimate of drug-likeness (QED) is 0.687. The molecule has 104 valence electrons. The Labute approximate surface area is 111 Å². The van der Waals surface area contributed by atoms with Crippen molar-refractivity contribution < 1.29 is 0 Å². The summed E-state index contributed by atoms with van der Waals surface area (Å²) < 4.78 is 2.23. The van der Waals surface area contributed by atoms with Crippen LogP contribution in [0.15, 0.2) is 12.5 Å². The third-order valence-electron chi connectivity index (χ3n) is 3.42. The molecule has 0 saturated heterocycles. The van der Waals surface area contributed by atoms with E-state index in [1.807, 2.05) is 12.5 Å². The van der Waals surface area contributed by atoms with Crippen LogP contribution in [0, 0.1) is 0 Å². The summed E-state index contributed by atoms with van der Waals surface area (Å²) in [7, 11) is 2.16. The summed E-state index contributed by atoms with van der Waals surface area (Å²) in [5, 5.41) is 0. The number of aromatic nitrogens is 2. The molecule has 0 aromatic carbocycles. The van der Waals surface area contributed by atoms with E-state index in [2.05, 4.69) is 35.3 Å². The minimum atomic E-state index is 0.288. The van der Waals surface area contributed by atoms with Crippen LogP contribution in [0.4, 0.5) is 0 Å². The van der Waals surface area contributed by atoms with E-state index < -0.39 is 0 Å². The summed E-state index contributed by atoms with van der Waals surface area (Å²) in [6, 6.07) is 0.288. The molecular weight excluding hydrogens is 224 g/mol. The number of rotatable bonds is 9. The van der Waals surface area contributed by atoms with E-state index in [9.17, 15) is 0 Å². The fraction of sp³-hybridized carbons (Fsp3) is 0.786. The third kappa shape index (κ3) is 4.10. The topological polar surface area (TPSA) is 47.1 Å². The van der Waals surface area contributed by atoms with Crippen LogP contribution in [0.1, 0.15) is 51.3 Å². The van der Waals surface area contributed by atoms with Crippen LogP contribution in [0.2, 0.25) is 0 Å². The van der Waals surface area contributed by atoms with Gasteiger partial charge in [-0.05, 0) is 26.4 Å². The van der Waals surface area contributed by atoms with Crippen molar-refractivity contribution in [3.63, 3.8) is 0 Å². The van der Waals surface area contributed by atoms with Crippen LogP contribution in [-0.4, -0.2) is 34.6 Å². The van der Waals surface area contributed by atoms with Gasteiger partial charge in [-0.15, -0.1) is 0 Å². The molecule has 4 nitrogen and oxygen atoms in total. The number of nitrogens with zero attached hydrogens (tertiary/aromatic N) is 3. The van der Waals surface area contributed by atoms with Crippen LogP contribution in [0.3, 0.4) is 0 Å². The first-order valence-corrected chi connectivity index (χ1v) is 7.14. The first-order valence-electron chi connectivity index (χ1n) is 7.14. The van der Waals surface area contributed by atoms with Crippen LogP contribution >= 0.6 is 0 Å². The molecule has 1 aromatic heterocycles. The van der Waals surface area contributed by atoms with E-state index in [0.29, 0.717) is 6.54 Å². The number of hydrogen-bond donors (Lipinski definition) is 1. The molecule has 0 amide bonds. The van der Waals surface area contributed by atoms with Gasteiger partial charge in [0.2, 0.25) is 0 Å². The second kappa shape index (κ2) is 8.27. The Hall–Kier alpha value is -0.870. The summed E-state index contributed by atoms with van der Waals surface area (Å²) in [5.41, 5.74) is 7.20. The van der Waals surface area contributed by atoms with Gasteiger partial charge in [-0.2, -0.15) is 0 Å². The average molecular weight is 252 g/mol. The molecule has 0 saturated carbocycles. The van der Waals surface area contributed by atoms with Gasteiger partial charge in [0.1, 0.15) is 0 Å². The van der Waals surface area contributed by atoms with Crippen molar-refractivity contribution in [1.82, 2.24) is 14.5 Å². The van der Waals surface area contributed by atoms with Gasteiger partial charge in [-0.25, -0.2) is 4.98 Å². The first kappa shape index (κ1) is 15.2. The zero-order valence-electron chi connectivity index (χ0n) is 12.1. The van der Waals surface area contributed by atoms with E-state index in [0.717, 1.165) is 19.5 Å². The number of nitrogens with two attached hydrogens (primary N) is 1. The largest absolute Gasteiger partial charge is 0.333 e. The smallest absolute Gasteiger partial charge is 0.0948 e. The number of imidazole rings is 1. The fourth-order valence-electron chi connectivity index (χ4n) is 2.33. The highest BCUT2D eigenvalue weighted by molar-refractivity contribution is 5.06. The standard InChI is InChI=1S/C14H28N4/c1-4-6-7-9-17(3)13(10-15)14-11-16-12-18(14)8-5-2/h11-13H,4-10,15H2,1-3H3. The molecule has 18 heavy (non-hydrogen) atoms. The van der Waals surface area contributed by atoms with Gasteiger partial charge in [0.05, 0.1) is 18.1 Å². The number of unbranched alkanes of at least 4 members (excludes halogenated alkanes) is 2. The van der Waals surface area contributed by atoms with Crippen molar-refractivity contribution in [2.45, 2.75) is 52.1 Å². The molecule has 2 N–H and O–H groups in total. The SMILES string of the molecule is CCCCCN(C)C(CN)c1cncn1CCC. The Morgan fingerprint density at radius 1 is 1.33 bits per heavy atom. The van der Waals surface area contributed by atoms with Crippen molar-refractivity contribution >= 4 is 0 Å². The van der Waals surface area contributed by atoms with Crippen LogP contribution < -0.4 is 5.73 Å². The molecule has 0 radical (unpaired) electrons. The Balaban J connectivity index is 2.65. The predicted octanol–water partition coefficient (Wildman–Crippen LogP) is 2.41.